The highest BCUT2D eigenvalue weighted by molar-refractivity contribution is 7.89. The van der Waals surface area contributed by atoms with Crippen molar-refractivity contribution in [1.82, 2.24) is 14.2 Å². The maximum atomic E-state index is 12.8. The second kappa shape index (κ2) is 6.88. The van der Waals surface area contributed by atoms with Gasteiger partial charge in [-0.1, -0.05) is 0 Å². The molecule has 0 atom stereocenters. The van der Waals surface area contributed by atoms with E-state index in [0.717, 1.165) is 6.07 Å². The molecule has 0 saturated carbocycles. The zero-order valence-electron chi connectivity index (χ0n) is 16.1. The molecule has 1 aromatic rings. The molecular weight excluding hydrogens is 411 g/mol. The van der Waals surface area contributed by atoms with Crippen LogP contribution >= 0.6 is 0 Å². The number of nitrogens with zero attached hydrogens (tertiary/aromatic N) is 3. The van der Waals surface area contributed by atoms with E-state index in [1.165, 1.54) is 11.2 Å². The average molecular weight is 435 g/mol. The van der Waals surface area contributed by atoms with Crippen LogP contribution in [0, 0.1) is 12.3 Å². The van der Waals surface area contributed by atoms with Gasteiger partial charge in [0, 0.05) is 64.2 Å². The number of β-amino-alcohol motifs (C(OH)–C–C–N with tert-alkyl or cyclic N) is 1. The van der Waals surface area contributed by atoms with Crippen molar-refractivity contribution in [1.29, 1.82) is 0 Å². The van der Waals surface area contributed by atoms with E-state index in [4.69, 9.17) is 4.74 Å². The molecule has 0 aliphatic carbocycles. The molecule has 1 spiro atoms. The predicted octanol–water partition coefficient (Wildman–Crippen LogP) is 1.26. The van der Waals surface area contributed by atoms with Crippen molar-refractivity contribution in [2.24, 2.45) is 5.41 Å². The molecule has 1 N–H and O–H groups in total. The summed E-state index contributed by atoms with van der Waals surface area (Å²) in [5.41, 5.74) is -2.15. The van der Waals surface area contributed by atoms with E-state index in [1.807, 2.05) is 0 Å². The van der Waals surface area contributed by atoms with Crippen LogP contribution < -0.4 is 0 Å². The number of hydrogen-bond acceptors (Lipinski definition) is 6. The molecule has 0 bridgehead atoms. The van der Waals surface area contributed by atoms with Crippen molar-refractivity contribution in [3.63, 3.8) is 0 Å². The van der Waals surface area contributed by atoms with Gasteiger partial charge in [-0.15, -0.1) is 0 Å². The number of halogens is 3. The number of aromatic nitrogens is 1. The number of hydrogen-bond donors (Lipinski definition) is 1. The van der Waals surface area contributed by atoms with Gasteiger partial charge in [0.25, 0.3) is 0 Å². The topological polar surface area (TPSA) is 83.0 Å². The molecule has 4 rings (SSSR count). The van der Waals surface area contributed by atoms with Gasteiger partial charge < -0.3 is 9.84 Å². The Balaban J connectivity index is 1.36. The highest BCUT2D eigenvalue weighted by atomic mass is 32.2. The van der Waals surface area contributed by atoms with E-state index in [2.05, 4.69) is 9.88 Å². The molecule has 11 heteroatoms. The normalized spacial score (nSPS) is 24.9. The third kappa shape index (κ3) is 3.90. The highest BCUT2D eigenvalue weighted by Gasteiger charge is 2.56. The summed E-state index contributed by atoms with van der Waals surface area (Å²) in [5.74, 6) is 0. The standard InChI is InChI=1S/C18H24F3N3O4S/c1-13-14(2-3-15(22-13)18(19,20)21)29(26,27)24-10-16(11-24)8-23(9-16)12-17(25)4-6-28-7-5-17/h2-3,25H,4-12H2,1H3. The zero-order chi connectivity index (χ0) is 21.1. The second-order valence-electron chi connectivity index (χ2n) is 8.53. The molecule has 0 unspecified atom stereocenters. The van der Waals surface area contributed by atoms with Crippen LogP contribution in [0.3, 0.4) is 0 Å². The quantitative estimate of drug-likeness (QED) is 0.767. The molecule has 4 heterocycles. The van der Waals surface area contributed by atoms with E-state index in [9.17, 15) is 26.7 Å². The first-order valence-electron chi connectivity index (χ1n) is 9.50. The fourth-order valence-electron chi connectivity index (χ4n) is 4.53. The van der Waals surface area contributed by atoms with Crippen LogP contribution in [-0.2, 0) is 20.9 Å². The summed E-state index contributed by atoms with van der Waals surface area (Å²) in [6, 6.07) is 1.69. The lowest BCUT2D eigenvalue weighted by Crippen LogP contribution is -2.74. The first-order valence-corrected chi connectivity index (χ1v) is 10.9. The number of rotatable bonds is 4. The molecule has 29 heavy (non-hydrogen) atoms. The van der Waals surface area contributed by atoms with E-state index in [0.29, 0.717) is 64.8 Å². The maximum Gasteiger partial charge on any atom is 0.433 e. The highest BCUT2D eigenvalue weighted by Crippen LogP contribution is 2.43. The first-order chi connectivity index (χ1) is 13.4. The fraction of sp³-hybridized carbons (Fsp3) is 0.722. The van der Waals surface area contributed by atoms with Crippen molar-refractivity contribution in [3.8, 4) is 0 Å². The molecule has 3 saturated heterocycles. The third-order valence-electron chi connectivity index (χ3n) is 6.03. The Kier molecular flexibility index (Phi) is 4.97. The van der Waals surface area contributed by atoms with E-state index < -0.39 is 27.5 Å². The molecule has 3 aliphatic heterocycles. The molecule has 1 aromatic heterocycles. The van der Waals surface area contributed by atoms with Crippen molar-refractivity contribution in [2.75, 3.05) is 45.9 Å². The van der Waals surface area contributed by atoms with E-state index >= 15 is 0 Å². The fourth-order valence-corrected chi connectivity index (χ4v) is 6.35. The number of aliphatic hydroxyl groups is 1. The number of ether oxygens (including phenoxy) is 1. The van der Waals surface area contributed by atoms with Crippen LogP contribution in [-0.4, -0.2) is 79.3 Å². The summed E-state index contributed by atoms with van der Waals surface area (Å²) in [7, 11) is -3.88. The smallest absolute Gasteiger partial charge is 0.388 e. The number of pyridine rings is 1. The molecule has 0 radical (unpaired) electrons. The van der Waals surface area contributed by atoms with Crippen molar-refractivity contribution in [3.05, 3.63) is 23.5 Å². The Labute approximate surface area is 167 Å². The number of sulfonamides is 1. The summed E-state index contributed by atoms with van der Waals surface area (Å²) in [4.78, 5) is 5.37. The van der Waals surface area contributed by atoms with Gasteiger partial charge in [-0.25, -0.2) is 13.4 Å². The molecule has 3 fully saturated rings. The molecule has 3 aliphatic rings. The molecular formula is C18H24F3N3O4S. The van der Waals surface area contributed by atoms with E-state index in [-0.39, 0.29) is 16.0 Å². The summed E-state index contributed by atoms with van der Waals surface area (Å²) >= 11 is 0. The molecule has 0 aromatic carbocycles. The maximum absolute atomic E-state index is 12.8. The molecule has 162 valence electrons. The summed E-state index contributed by atoms with van der Waals surface area (Å²) in [5, 5.41) is 10.6. The zero-order valence-corrected chi connectivity index (χ0v) is 16.9. The van der Waals surface area contributed by atoms with Crippen LogP contribution in [0.5, 0.6) is 0 Å². The van der Waals surface area contributed by atoms with Crippen LogP contribution in [0.25, 0.3) is 0 Å². The SMILES string of the molecule is Cc1nc(C(F)(F)F)ccc1S(=O)(=O)N1CC2(CN(CC3(O)CCOCC3)C2)C1. The lowest BCUT2D eigenvalue weighted by Gasteiger charge is -2.60. The van der Waals surface area contributed by atoms with E-state index in [1.54, 1.807) is 0 Å². The van der Waals surface area contributed by atoms with Gasteiger partial charge in [-0.05, 0) is 19.1 Å². The van der Waals surface area contributed by atoms with Crippen LogP contribution in [0.15, 0.2) is 17.0 Å². The molecule has 7 nitrogen and oxygen atoms in total. The van der Waals surface area contributed by atoms with Gasteiger partial charge in [-0.2, -0.15) is 17.5 Å². The Bertz CT molecular complexity index is 886. The lowest BCUT2D eigenvalue weighted by atomic mass is 9.73. The van der Waals surface area contributed by atoms with Gasteiger partial charge in [0.1, 0.15) is 10.6 Å². The first kappa shape index (κ1) is 21.0. The van der Waals surface area contributed by atoms with Gasteiger partial charge >= 0.3 is 6.18 Å². The largest absolute Gasteiger partial charge is 0.433 e. The van der Waals surface area contributed by atoms with Gasteiger partial charge in [0.15, 0.2) is 0 Å². The minimum atomic E-state index is -4.61. The minimum Gasteiger partial charge on any atom is -0.388 e. The Morgan fingerprint density at radius 1 is 1.17 bits per heavy atom. The Morgan fingerprint density at radius 2 is 1.79 bits per heavy atom. The van der Waals surface area contributed by atoms with Crippen LogP contribution in [0.1, 0.15) is 24.2 Å². The van der Waals surface area contributed by atoms with Crippen molar-refractivity contribution >= 4 is 10.0 Å². The summed E-state index contributed by atoms with van der Waals surface area (Å²) in [6.07, 6.45) is -3.42. The Hall–Kier alpha value is -1.27. The predicted molar refractivity (Wildman–Crippen MR) is 96.6 cm³/mol. The van der Waals surface area contributed by atoms with Gasteiger partial charge in [0.2, 0.25) is 10.0 Å². The lowest BCUT2D eigenvalue weighted by molar-refractivity contribution is -0.141. The van der Waals surface area contributed by atoms with Gasteiger partial charge in [0.05, 0.1) is 11.3 Å². The summed E-state index contributed by atoms with van der Waals surface area (Å²) in [6.45, 7) is 4.97. The number of aryl methyl sites for hydroxylation is 1. The monoisotopic (exact) mass is 435 g/mol. The van der Waals surface area contributed by atoms with Crippen molar-refractivity contribution < 1.29 is 31.4 Å². The average Bonchev–Trinajstić information content (AvgIpc) is 2.55. The van der Waals surface area contributed by atoms with Gasteiger partial charge in [-0.3, -0.25) is 4.90 Å². The third-order valence-corrected chi connectivity index (χ3v) is 7.95. The molecule has 0 amide bonds. The minimum absolute atomic E-state index is 0.137. The van der Waals surface area contributed by atoms with Crippen LogP contribution in [0.2, 0.25) is 0 Å². The number of likely N-dealkylation sites (tertiary alicyclic amines) is 1. The summed E-state index contributed by atoms with van der Waals surface area (Å²) < 4.78 is 70.5. The van der Waals surface area contributed by atoms with Crippen molar-refractivity contribution in [2.45, 2.75) is 36.4 Å². The Morgan fingerprint density at radius 3 is 2.34 bits per heavy atom. The number of alkyl halides is 3. The van der Waals surface area contributed by atoms with Crippen LogP contribution in [0.4, 0.5) is 13.2 Å². The second-order valence-corrected chi connectivity index (χ2v) is 10.4.